The number of amides is 4. The summed E-state index contributed by atoms with van der Waals surface area (Å²) in [6, 6.07) is 0. The molecule has 0 bridgehead atoms. The third kappa shape index (κ3) is 2.09. The topological polar surface area (TPSA) is 74.8 Å². The van der Waals surface area contributed by atoms with Gasteiger partial charge in [0.25, 0.3) is 0 Å². The second-order valence-corrected chi connectivity index (χ2v) is 4.55. The molecule has 0 aromatic carbocycles. The normalized spacial score (nSPS) is 27.4. The minimum absolute atomic E-state index is 0.0451. The Kier molecular flexibility index (Phi) is 3.33. The molecule has 2 aliphatic rings. The van der Waals surface area contributed by atoms with Crippen molar-refractivity contribution in [2.75, 3.05) is 6.67 Å². The van der Waals surface area contributed by atoms with Crippen molar-refractivity contribution >= 4 is 23.6 Å². The first-order valence-electron chi connectivity index (χ1n) is 5.93. The van der Waals surface area contributed by atoms with Gasteiger partial charge in [0, 0.05) is 12.8 Å². The fourth-order valence-electron chi connectivity index (χ4n) is 2.22. The van der Waals surface area contributed by atoms with Gasteiger partial charge in [0.2, 0.25) is 23.6 Å². The van der Waals surface area contributed by atoms with E-state index in [1.165, 1.54) is 12.2 Å². The Morgan fingerprint density at radius 1 is 0.895 bits per heavy atom. The van der Waals surface area contributed by atoms with E-state index in [9.17, 15) is 19.2 Å². The van der Waals surface area contributed by atoms with Crippen molar-refractivity contribution in [1.29, 1.82) is 0 Å². The van der Waals surface area contributed by atoms with Gasteiger partial charge in [-0.15, -0.1) is 13.2 Å². The Hall–Kier alpha value is -2.24. The number of nitrogens with zero attached hydrogens (tertiary/aromatic N) is 2. The number of imide groups is 2. The molecule has 0 aromatic rings. The van der Waals surface area contributed by atoms with Crippen molar-refractivity contribution in [3.63, 3.8) is 0 Å². The molecule has 2 atom stereocenters. The average Bonchev–Trinajstić information content (AvgIpc) is 2.82. The molecular formula is C13H14N2O4. The van der Waals surface area contributed by atoms with Crippen LogP contribution in [0.4, 0.5) is 0 Å². The number of carbonyl (C=O) groups excluding carboxylic acids is 4. The molecule has 2 rings (SSSR count). The zero-order chi connectivity index (χ0) is 14.2. The first-order chi connectivity index (χ1) is 8.99. The lowest BCUT2D eigenvalue weighted by Gasteiger charge is -2.21. The highest BCUT2D eigenvalue weighted by Gasteiger charge is 2.43. The lowest BCUT2D eigenvalue weighted by Crippen LogP contribution is -2.44. The highest BCUT2D eigenvalue weighted by Crippen LogP contribution is 2.25. The maximum Gasteiger partial charge on any atom is 0.238 e. The van der Waals surface area contributed by atoms with Gasteiger partial charge in [-0.3, -0.25) is 29.0 Å². The highest BCUT2D eigenvalue weighted by atomic mass is 16.2. The fraction of sp³-hybridized carbons (Fsp3) is 0.385. The summed E-state index contributed by atoms with van der Waals surface area (Å²) in [6.45, 7) is 6.68. The second kappa shape index (κ2) is 4.79. The van der Waals surface area contributed by atoms with Crippen LogP contribution in [-0.2, 0) is 19.2 Å². The molecule has 6 heteroatoms. The highest BCUT2D eigenvalue weighted by molar-refractivity contribution is 6.07. The largest absolute Gasteiger partial charge is 0.274 e. The molecule has 100 valence electrons. The number of hydrogen-bond donors (Lipinski definition) is 0. The van der Waals surface area contributed by atoms with Crippen molar-refractivity contribution < 1.29 is 19.2 Å². The van der Waals surface area contributed by atoms with E-state index >= 15 is 0 Å². The van der Waals surface area contributed by atoms with Crippen LogP contribution in [0.3, 0.4) is 0 Å². The maximum absolute atomic E-state index is 11.9. The third-order valence-electron chi connectivity index (χ3n) is 3.41. The van der Waals surface area contributed by atoms with E-state index in [0.29, 0.717) is 0 Å². The van der Waals surface area contributed by atoms with E-state index in [0.717, 1.165) is 9.80 Å². The standard InChI is InChI=1S/C13H14N2O4/c1-3-8-5-10(16)14(12(8)18)7-15-11(17)6-9(4-2)13(15)19/h3-4,8-9H,1-2,5-7H2. The summed E-state index contributed by atoms with van der Waals surface area (Å²) >= 11 is 0. The van der Waals surface area contributed by atoms with Gasteiger partial charge in [-0.25, -0.2) is 0 Å². The summed E-state index contributed by atoms with van der Waals surface area (Å²) in [7, 11) is 0. The molecule has 2 heterocycles. The van der Waals surface area contributed by atoms with Crippen molar-refractivity contribution in [2.24, 2.45) is 11.8 Å². The molecule has 0 aromatic heterocycles. The summed E-state index contributed by atoms with van der Waals surface area (Å²) in [6.07, 6.45) is 2.90. The van der Waals surface area contributed by atoms with E-state index in [2.05, 4.69) is 13.2 Å². The zero-order valence-electron chi connectivity index (χ0n) is 10.4. The molecule has 0 radical (unpaired) electrons. The Morgan fingerprint density at radius 3 is 1.53 bits per heavy atom. The van der Waals surface area contributed by atoms with E-state index < -0.39 is 35.5 Å². The van der Waals surface area contributed by atoms with Crippen molar-refractivity contribution in [3.8, 4) is 0 Å². The maximum atomic E-state index is 11.9. The first kappa shape index (κ1) is 13.2. The third-order valence-corrected chi connectivity index (χ3v) is 3.41. The molecular weight excluding hydrogens is 248 g/mol. The quantitative estimate of drug-likeness (QED) is 0.530. The lowest BCUT2D eigenvalue weighted by molar-refractivity contribution is -0.147. The van der Waals surface area contributed by atoms with Crippen LogP contribution in [0.2, 0.25) is 0 Å². The summed E-state index contributed by atoms with van der Waals surface area (Å²) in [5.74, 6) is -2.73. The molecule has 2 saturated heterocycles. The molecule has 2 aliphatic heterocycles. The Morgan fingerprint density at radius 2 is 1.26 bits per heavy atom. The molecule has 19 heavy (non-hydrogen) atoms. The van der Waals surface area contributed by atoms with Crippen molar-refractivity contribution in [2.45, 2.75) is 12.8 Å². The number of rotatable bonds is 4. The smallest absolute Gasteiger partial charge is 0.238 e. The Balaban J connectivity index is 2.13. The minimum Gasteiger partial charge on any atom is -0.274 e. The molecule has 2 fully saturated rings. The summed E-state index contributed by atoms with van der Waals surface area (Å²) in [4.78, 5) is 49.0. The molecule has 0 saturated carbocycles. The molecule has 0 spiro atoms. The summed E-state index contributed by atoms with van der Waals surface area (Å²) in [5.41, 5.74) is 0. The van der Waals surface area contributed by atoms with Gasteiger partial charge in [0.1, 0.15) is 6.67 Å². The molecule has 2 unspecified atom stereocenters. The number of hydrogen-bond acceptors (Lipinski definition) is 4. The predicted molar refractivity (Wildman–Crippen MR) is 65.2 cm³/mol. The van der Waals surface area contributed by atoms with Crippen LogP contribution in [0.25, 0.3) is 0 Å². The van der Waals surface area contributed by atoms with Crippen LogP contribution < -0.4 is 0 Å². The summed E-state index contributed by atoms with van der Waals surface area (Å²) < 4.78 is 0. The van der Waals surface area contributed by atoms with Crippen LogP contribution in [0.5, 0.6) is 0 Å². The monoisotopic (exact) mass is 262 g/mol. The predicted octanol–water partition coefficient (Wildman–Crippen LogP) is 0.0661. The van der Waals surface area contributed by atoms with Gasteiger partial charge < -0.3 is 0 Å². The fourth-order valence-corrected chi connectivity index (χ4v) is 2.22. The summed E-state index contributed by atoms with van der Waals surface area (Å²) in [5, 5.41) is 0. The van der Waals surface area contributed by atoms with E-state index in [1.54, 1.807) is 0 Å². The SMILES string of the molecule is C=CC1CC(=O)N(CN2C(=O)CC(C=C)C2=O)C1=O. The minimum atomic E-state index is -0.560. The molecule has 0 N–H and O–H groups in total. The molecule has 0 aliphatic carbocycles. The number of likely N-dealkylation sites (tertiary alicyclic amines) is 2. The van der Waals surface area contributed by atoms with E-state index in [-0.39, 0.29) is 19.5 Å². The van der Waals surface area contributed by atoms with Crippen LogP contribution in [0.1, 0.15) is 12.8 Å². The Labute approximate surface area is 110 Å². The van der Waals surface area contributed by atoms with E-state index in [1.807, 2.05) is 0 Å². The van der Waals surface area contributed by atoms with Gasteiger partial charge >= 0.3 is 0 Å². The van der Waals surface area contributed by atoms with E-state index in [4.69, 9.17) is 0 Å². The number of carbonyl (C=O) groups is 4. The van der Waals surface area contributed by atoms with Gasteiger partial charge in [0.05, 0.1) is 11.8 Å². The van der Waals surface area contributed by atoms with Crippen LogP contribution in [0, 0.1) is 11.8 Å². The molecule has 4 amide bonds. The first-order valence-corrected chi connectivity index (χ1v) is 5.93. The van der Waals surface area contributed by atoms with Crippen LogP contribution >= 0.6 is 0 Å². The van der Waals surface area contributed by atoms with Crippen molar-refractivity contribution in [3.05, 3.63) is 25.3 Å². The van der Waals surface area contributed by atoms with Crippen molar-refractivity contribution in [1.82, 2.24) is 9.80 Å². The molecule has 6 nitrogen and oxygen atoms in total. The lowest BCUT2D eigenvalue weighted by atomic mass is 10.1. The van der Waals surface area contributed by atoms with Gasteiger partial charge in [-0.2, -0.15) is 0 Å². The second-order valence-electron chi connectivity index (χ2n) is 4.55. The Bertz CT molecular complexity index is 453. The van der Waals surface area contributed by atoms with Crippen LogP contribution in [-0.4, -0.2) is 40.1 Å². The average molecular weight is 262 g/mol. The zero-order valence-corrected chi connectivity index (χ0v) is 10.4. The van der Waals surface area contributed by atoms with Gasteiger partial charge in [0.15, 0.2) is 0 Å². The van der Waals surface area contributed by atoms with Crippen LogP contribution in [0.15, 0.2) is 25.3 Å². The van der Waals surface area contributed by atoms with Gasteiger partial charge in [-0.05, 0) is 0 Å². The van der Waals surface area contributed by atoms with Gasteiger partial charge in [-0.1, -0.05) is 12.2 Å².